The summed E-state index contributed by atoms with van der Waals surface area (Å²) in [5, 5.41) is 0. The molecule has 0 N–H and O–H groups in total. The second-order valence-electron chi connectivity index (χ2n) is 2.37. The first kappa shape index (κ1) is 10.1. The van der Waals surface area contributed by atoms with Gasteiger partial charge < -0.3 is 9.47 Å². The summed E-state index contributed by atoms with van der Waals surface area (Å²) in [5.41, 5.74) is 0.714. The van der Waals surface area contributed by atoms with E-state index in [1.165, 1.54) is 0 Å². The quantitative estimate of drug-likeness (QED) is 0.648. The second-order valence-corrected chi connectivity index (χ2v) is 2.37. The van der Waals surface area contributed by atoms with Gasteiger partial charge in [0.2, 0.25) is 6.29 Å². The van der Waals surface area contributed by atoms with E-state index in [1.54, 1.807) is 18.6 Å². The number of rotatable bonds is 5. The summed E-state index contributed by atoms with van der Waals surface area (Å²) < 4.78 is 10.7. The van der Waals surface area contributed by atoms with Crippen LogP contribution in [0.25, 0.3) is 0 Å². The third-order valence-corrected chi connectivity index (χ3v) is 1.46. The van der Waals surface area contributed by atoms with Crippen LogP contribution in [0.4, 0.5) is 0 Å². The number of hydrogen-bond acceptors (Lipinski definition) is 4. The number of aromatic nitrogens is 2. The molecule has 0 aliphatic carbocycles. The average molecular weight is 182 g/mol. The van der Waals surface area contributed by atoms with Gasteiger partial charge in [-0.3, -0.25) is 9.97 Å². The van der Waals surface area contributed by atoms with Crippen molar-refractivity contribution in [1.29, 1.82) is 0 Å². The lowest BCUT2D eigenvalue weighted by Gasteiger charge is -2.15. The lowest BCUT2D eigenvalue weighted by atomic mass is 10.4. The lowest BCUT2D eigenvalue weighted by Crippen LogP contribution is -2.10. The fraction of sp³-hybridized carbons (Fsp3) is 0.556. The fourth-order valence-corrected chi connectivity index (χ4v) is 0.954. The SMILES string of the molecule is CCOC(OCC)c1cnccn1. The second kappa shape index (κ2) is 5.61. The van der Waals surface area contributed by atoms with Gasteiger partial charge in [0.1, 0.15) is 5.69 Å². The zero-order chi connectivity index (χ0) is 9.52. The molecule has 1 heterocycles. The minimum atomic E-state index is -0.385. The first-order valence-electron chi connectivity index (χ1n) is 4.37. The van der Waals surface area contributed by atoms with E-state index in [9.17, 15) is 0 Å². The first-order chi connectivity index (χ1) is 6.38. The molecule has 1 aromatic rings. The summed E-state index contributed by atoms with van der Waals surface area (Å²) in [7, 11) is 0. The highest BCUT2D eigenvalue weighted by Gasteiger charge is 2.11. The van der Waals surface area contributed by atoms with Gasteiger partial charge in [-0.05, 0) is 13.8 Å². The molecule has 4 nitrogen and oxygen atoms in total. The van der Waals surface area contributed by atoms with Crippen molar-refractivity contribution in [3.8, 4) is 0 Å². The van der Waals surface area contributed by atoms with Gasteiger partial charge in [0.15, 0.2) is 0 Å². The van der Waals surface area contributed by atoms with Crippen molar-refractivity contribution in [3.63, 3.8) is 0 Å². The Kier molecular flexibility index (Phi) is 4.35. The van der Waals surface area contributed by atoms with Crippen LogP contribution in [0.1, 0.15) is 25.8 Å². The Bertz CT molecular complexity index is 222. The van der Waals surface area contributed by atoms with Gasteiger partial charge in [-0.15, -0.1) is 0 Å². The topological polar surface area (TPSA) is 44.2 Å². The van der Waals surface area contributed by atoms with Gasteiger partial charge in [-0.1, -0.05) is 0 Å². The molecule has 13 heavy (non-hydrogen) atoms. The monoisotopic (exact) mass is 182 g/mol. The maximum atomic E-state index is 5.34. The summed E-state index contributed by atoms with van der Waals surface area (Å²) in [6.07, 6.45) is 4.51. The Labute approximate surface area is 77.9 Å². The molecule has 0 spiro atoms. The van der Waals surface area contributed by atoms with Crippen LogP contribution in [-0.4, -0.2) is 23.2 Å². The van der Waals surface area contributed by atoms with Crippen LogP contribution in [0, 0.1) is 0 Å². The molecule has 72 valence electrons. The van der Waals surface area contributed by atoms with Crippen molar-refractivity contribution in [2.24, 2.45) is 0 Å². The lowest BCUT2D eigenvalue weighted by molar-refractivity contribution is -0.142. The third-order valence-electron chi connectivity index (χ3n) is 1.46. The minimum Gasteiger partial charge on any atom is -0.347 e. The summed E-state index contributed by atoms with van der Waals surface area (Å²) in [4.78, 5) is 8.05. The van der Waals surface area contributed by atoms with Crippen LogP contribution in [0.2, 0.25) is 0 Å². The van der Waals surface area contributed by atoms with Crippen LogP contribution in [0.3, 0.4) is 0 Å². The molecular formula is C9H14N2O2. The molecule has 4 heteroatoms. The van der Waals surface area contributed by atoms with Crippen LogP contribution < -0.4 is 0 Å². The van der Waals surface area contributed by atoms with Gasteiger partial charge in [0.25, 0.3) is 0 Å². The van der Waals surface area contributed by atoms with E-state index in [1.807, 2.05) is 13.8 Å². The largest absolute Gasteiger partial charge is 0.347 e. The van der Waals surface area contributed by atoms with Crippen LogP contribution >= 0.6 is 0 Å². The molecular weight excluding hydrogens is 168 g/mol. The van der Waals surface area contributed by atoms with Crippen molar-refractivity contribution >= 4 is 0 Å². The molecule has 0 aliphatic rings. The first-order valence-corrected chi connectivity index (χ1v) is 4.37. The van der Waals surface area contributed by atoms with Gasteiger partial charge in [-0.2, -0.15) is 0 Å². The van der Waals surface area contributed by atoms with Gasteiger partial charge >= 0.3 is 0 Å². The Morgan fingerprint density at radius 3 is 2.38 bits per heavy atom. The van der Waals surface area contributed by atoms with Crippen molar-refractivity contribution < 1.29 is 9.47 Å². The van der Waals surface area contributed by atoms with Gasteiger partial charge in [0, 0.05) is 25.6 Å². The Morgan fingerprint density at radius 1 is 1.23 bits per heavy atom. The van der Waals surface area contributed by atoms with Gasteiger partial charge in [-0.25, -0.2) is 0 Å². The molecule has 0 unspecified atom stereocenters. The van der Waals surface area contributed by atoms with Crippen LogP contribution in [-0.2, 0) is 9.47 Å². The Balaban J connectivity index is 2.64. The summed E-state index contributed by atoms with van der Waals surface area (Å²) >= 11 is 0. The van der Waals surface area contributed by atoms with Gasteiger partial charge in [0.05, 0.1) is 6.20 Å². The highest BCUT2D eigenvalue weighted by molar-refractivity contribution is 4.96. The van der Waals surface area contributed by atoms with E-state index in [0.717, 1.165) is 0 Å². The molecule has 0 aromatic carbocycles. The molecule has 0 fully saturated rings. The number of ether oxygens (including phenoxy) is 2. The van der Waals surface area contributed by atoms with E-state index < -0.39 is 0 Å². The molecule has 0 bridgehead atoms. The fourth-order valence-electron chi connectivity index (χ4n) is 0.954. The van der Waals surface area contributed by atoms with Crippen LogP contribution in [0.15, 0.2) is 18.6 Å². The molecule has 0 saturated carbocycles. The molecule has 1 aromatic heterocycles. The standard InChI is InChI=1S/C9H14N2O2/c1-3-12-9(13-4-2)8-7-10-5-6-11-8/h5-7,9H,3-4H2,1-2H3. The maximum absolute atomic E-state index is 5.34. The Hall–Kier alpha value is -1.00. The predicted molar refractivity (Wildman–Crippen MR) is 48.0 cm³/mol. The van der Waals surface area contributed by atoms with E-state index in [0.29, 0.717) is 18.9 Å². The smallest absolute Gasteiger partial charge is 0.202 e. The molecule has 1 rings (SSSR count). The predicted octanol–water partition coefficient (Wildman–Crippen LogP) is 1.55. The number of nitrogens with zero attached hydrogens (tertiary/aromatic N) is 2. The highest BCUT2D eigenvalue weighted by atomic mass is 16.7. The van der Waals surface area contributed by atoms with Crippen LogP contribution in [0.5, 0.6) is 0 Å². The van der Waals surface area contributed by atoms with Crippen molar-refractivity contribution in [2.75, 3.05) is 13.2 Å². The molecule has 0 saturated heterocycles. The summed E-state index contributed by atoms with van der Waals surface area (Å²) in [5.74, 6) is 0. The number of hydrogen-bond donors (Lipinski definition) is 0. The molecule has 0 radical (unpaired) electrons. The minimum absolute atomic E-state index is 0.385. The normalized spacial score (nSPS) is 10.7. The third kappa shape index (κ3) is 3.08. The van der Waals surface area contributed by atoms with E-state index >= 15 is 0 Å². The molecule has 0 atom stereocenters. The van der Waals surface area contributed by atoms with Crippen molar-refractivity contribution in [3.05, 3.63) is 24.3 Å². The van der Waals surface area contributed by atoms with Crippen molar-refractivity contribution in [1.82, 2.24) is 9.97 Å². The van der Waals surface area contributed by atoms with E-state index in [2.05, 4.69) is 9.97 Å². The van der Waals surface area contributed by atoms with E-state index in [-0.39, 0.29) is 6.29 Å². The highest BCUT2D eigenvalue weighted by Crippen LogP contribution is 2.14. The molecule has 0 aliphatic heterocycles. The van der Waals surface area contributed by atoms with Crippen molar-refractivity contribution in [2.45, 2.75) is 20.1 Å². The molecule has 0 amide bonds. The average Bonchev–Trinajstić information content (AvgIpc) is 2.19. The zero-order valence-corrected chi connectivity index (χ0v) is 7.93. The zero-order valence-electron chi connectivity index (χ0n) is 7.93. The summed E-state index contributed by atoms with van der Waals surface area (Å²) in [6.45, 7) is 5.03. The maximum Gasteiger partial charge on any atom is 0.202 e. The van der Waals surface area contributed by atoms with E-state index in [4.69, 9.17) is 9.47 Å². The summed E-state index contributed by atoms with van der Waals surface area (Å²) in [6, 6.07) is 0. The Morgan fingerprint density at radius 2 is 1.92 bits per heavy atom.